The Hall–Kier alpha value is -2.11. The summed E-state index contributed by atoms with van der Waals surface area (Å²) in [6, 6.07) is 3.31. The Morgan fingerprint density at radius 2 is 1.86 bits per heavy atom. The van der Waals surface area contributed by atoms with Gasteiger partial charge in [0.25, 0.3) is 0 Å². The maximum atomic E-state index is 11.5. The number of carbonyl (C=O) groups excluding carboxylic acids is 2. The van der Waals surface area contributed by atoms with E-state index in [1.54, 1.807) is 39.8 Å². The monoisotopic (exact) mass is 310 g/mol. The van der Waals surface area contributed by atoms with Crippen molar-refractivity contribution >= 4 is 17.7 Å². The van der Waals surface area contributed by atoms with Crippen LogP contribution >= 0.6 is 0 Å². The molecule has 6 heteroatoms. The van der Waals surface area contributed by atoms with E-state index in [0.29, 0.717) is 18.0 Å². The van der Waals surface area contributed by atoms with Crippen LogP contribution in [-0.4, -0.2) is 29.3 Å². The van der Waals surface area contributed by atoms with Crippen LogP contribution in [0.25, 0.3) is 0 Å². The van der Waals surface area contributed by atoms with E-state index < -0.39 is 11.7 Å². The van der Waals surface area contributed by atoms with Crippen molar-refractivity contribution in [1.82, 2.24) is 4.98 Å². The highest BCUT2D eigenvalue weighted by atomic mass is 16.6. The van der Waals surface area contributed by atoms with Crippen molar-refractivity contribution in [3.8, 4) is 0 Å². The minimum absolute atomic E-state index is 0.112. The molecule has 0 saturated carbocycles. The minimum atomic E-state index is -0.554. The van der Waals surface area contributed by atoms with Gasteiger partial charge < -0.3 is 9.47 Å². The van der Waals surface area contributed by atoms with E-state index in [1.807, 2.05) is 13.8 Å². The van der Waals surface area contributed by atoms with Crippen LogP contribution in [0.2, 0.25) is 0 Å². The molecule has 124 valence electrons. The van der Waals surface area contributed by atoms with Crippen LogP contribution in [0.1, 0.15) is 47.2 Å². The van der Waals surface area contributed by atoms with E-state index in [4.69, 9.17) is 9.47 Å². The first-order chi connectivity index (χ1) is 10.3. The van der Waals surface area contributed by atoms with E-state index in [2.05, 4.69) is 10.3 Å². The summed E-state index contributed by atoms with van der Waals surface area (Å²) in [5, 5.41) is 2.56. The molecule has 0 aliphatic rings. The second kappa shape index (κ2) is 9.76. The highest BCUT2D eigenvalue weighted by Crippen LogP contribution is 2.11. The summed E-state index contributed by atoms with van der Waals surface area (Å²) in [6.45, 7) is 11.4. The molecule has 0 aromatic carbocycles. The number of nitrogens with zero attached hydrogens (tertiary/aromatic N) is 1. The molecule has 0 spiro atoms. The smallest absolute Gasteiger partial charge is 0.412 e. The number of pyridine rings is 1. The Balaban J connectivity index is 0.00000211. The molecule has 1 aromatic rings. The molecule has 1 N–H and O–H groups in total. The van der Waals surface area contributed by atoms with Crippen LogP contribution in [0.5, 0.6) is 0 Å². The van der Waals surface area contributed by atoms with Crippen LogP contribution in [-0.2, 0) is 20.7 Å². The molecule has 1 amide bonds. The Kier molecular flexibility index (Phi) is 8.82. The van der Waals surface area contributed by atoms with E-state index >= 15 is 0 Å². The van der Waals surface area contributed by atoms with Gasteiger partial charge >= 0.3 is 12.1 Å². The third-order valence-electron chi connectivity index (χ3n) is 2.10. The highest BCUT2D eigenvalue weighted by molar-refractivity contribution is 5.84. The highest BCUT2D eigenvalue weighted by Gasteiger charge is 2.16. The quantitative estimate of drug-likeness (QED) is 0.860. The molecule has 0 unspecified atom stereocenters. The van der Waals surface area contributed by atoms with Gasteiger partial charge in [0, 0.05) is 0 Å². The molecule has 22 heavy (non-hydrogen) atoms. The predicted molar refractivity (Wildman–Crippen MR) is 85.8 cm³/mol. The largest absolute Gasteiger partial charge is 0.466 e. The minimum Gasteiger partial charge on any atom is -0.466 e. The van der Waals surface area contributed by atoms with Crippen LogP contribution < -0.4 is 5.32 Å². The molecule has 0 aliphatic heterocycles. The SMILES string of the molecule is CC.CCOC(=O)Cc1ccc(NC(=O)OC(C)(C)C)cn1. The topological polar surface area (TPSA) is 77.5 Å². The lowest BCUT2D eigenvalue weighted by molar-refractivity contribution is -0.142. The van der Waals surface area contributed by atoms with Gasteiger partial charge in [0.15, 0.2) is 0 Å². The first kappa shape index (κ1) is 19.9. The van der Waals surface area contributed by atoms with Gasteiger partial charge in [-0.05, 0) is 39.8 Å². The van der Waals surface area contributed by atoms with E-state index in [9.17, 15) is 9.59 Å². The molecular weight excluding hydrogens is 284 g/mol. The van der Waals surface area contributed by atoms with Crippen molar-refractivity contribution in [2.24, 2.45) is 0 Å². The summed E-state index contributed by atoms with van der Waals surface area (Å²) < 4.78 is 9.94. The van der Waals surface area contributed by atoms with Gasteiger partial charge in [-0.15, -0.1) is 0 Å². The summed E-state index contributed by atoms with van der Waals surface area (Å²) >= 11 is 0. The number of hydrogen-bond donors (Lipinski definition) is 1. The molecule has 1 rings (SSSR count). The Labute approximate surface area is 132 Å². The number of aromatic nitrogens is 1. The lowest BCUT2D eigenvalue weighted by Crippen LogP contribution is -2.27. The summed E-state index contributed by atoms with van der Waals surface area (Å²) in [6.07, 6.45) is 1.04. The average Bonchev–Trinajstić information content (AvgIpc) is 2.41. The van der Waals surface area contributed by atoms with Gasteiger partial charge in [-0.1, -0.05) is 13.8 Å². The van der Waals surface area contributed by atoms with Crippen LogP contribution in [0.3, 0.4) is 0 Å². The molecule has 6 nitrogen and oxygen atoms in total. The Morgan fingerprint density at radius 1 is 1.23 bits per heavy atom. The molecule has 0 aliphatic carbocycles. The van der Waals surface area contributed by atoms with E-state index in [0.717, 1.165) is 0 Å². The Morgan fingerprint density at radius 3 is 2.32 bits per heavy atom. The fourth-order valence-electron chi connectivity index (χ4n) is 1.38. The van der Waals surface area contributed by atoms with Crippen LogP contribution in [0, 0.1) is 0 Å². The summed E-state index contributed by atoms with van der Waals surface area (Å²) in [7, 11) is 0. The molecule has 1 aromatic heterocycles. The second-order valence-corrected chi connectivity index (χ2v) is 5.15. The molecule has 0 saturated heterocycles. The van der Waals surface area contributed by atoms with Gasteiger partial charge in [-0.3, -0.25) is 15.1 Å². The average molecular weight is 310 g/mol. The zero-order chi connectivity index (χ0) is 17.2. The van der Waals surface area contributed by atoms with Crippen molar-refractivity contribution in [2.75, 3.05) is 11.9 Å². The predicted octanol–water partition coefficient (Wildman–Crippen LogP) is 3.56. The number of anilines is 1. The van der Waals surface area contributed by atoms with E-state index in [1.165, 1.54) is 6.20 Å². The number of hydrogen-bond acceptors (Lipinski definition) is 5. The third-order valence-corrected chi connectivity index (χ3v) is 2.10. The second-order valence-electron chi connectivity index (χ2n) is 5.15. The molecule has 0 bridgehead atoms. The molecular formula is C16H26N2O4. The number of rotatable bonds is 4. The van der Waals surface area contributed by atoms with E-state index in [-0.39, 0.29) is 12.4 Å². The zero-order valence-corrected chi connectivity index (χ0v) is 14.2. The van der Waals surface area contributed by atoms with Gasteiger partial charge in [0.05, 0.1) is 30.6 Å². The lowest BCUT2D eigenvalue weighted by Gasteiger charge is -2.19. The number of esters is 1. The number of ether oxygens (including phenoxy) is 2. The maximum absolute atomic E-state index is 11.5. The van der Waals surface area contributed by atoms with Crippen molar-refractivity contribution in [3.05, 3.63) is 24.0 Å². The number of nitrogens with one attached hydrogen (secondary N) is 1. The molecule has 0 fully saturated rings. The van der Waals surface area contributed by atoms with Gasteiger partial charge in [0.1, 0.15) is 5.60 Å². The van der Waals surface area contributed by atoms with Gasteiger partial charge in [-0.2, -0.15) is 0 Å². The number of carbonyl (C=O) groups is 2. The third kappa shape index (κ3) is 8.94. The summed E-state index contributed by atoms with van der Waals surface area (Å²) in [4.78, 5) is 26.9. The van der Waals surface area contributed by atoms with Crippen molar-refractivity contribution in [2.45, 2.75) is 53.6 Å². The summed E-state index contributed by atoms with van der Waals surface area (Å²) in [5.74, 6) is -0.326. The fourth-order valence-corrected chi connectivity index (χ4v) is 1.38. The first-order valence-corrected chi connectivity index (χ1v) is 7.40. The molecule has 0 radical (unpaired) electrons. The zero-order valence-electron chi connectivity index (χ0n) is 14.2. The summed E-state index contributed by atoms with van der Waals surface area (Å²) in [5.41, 5.74) is 0.534. The van der Waals surface area contributed by atoms with Crippen LogP contribution in [0.15, 0.2) is 18.3 Å². The van der Waals surface area contributed by atoms with Crippen LogP contribution in [0.4, 0.5) is 10.5 Å². The fraction of sp³-hybridized carbons (Fsp3) is 0.562. The van der Waals surface area contributed by atoms with Crippen molar-refractivity contribution in [3.63, 3.8) is 0 Å². The first-order valence-electron chi connectivity index (χ1n) is 7.40. The molecule has 1 heterocycles. The van der Waals surface area contributed by atoms with Crippen molar-refractivity contribution in [1.29, 1.82) is 0 Å². The standard InChI is InChI=1S/C14H20N2O4.C2H6/c1-5-19-12(17)8-10-6-7-11(9-15-10)16-13(18)20-14(2,3)4;1-2/h6-7,9H,5,8H2,1-4H3,(H,16,18);1-2H3. The van der Waals surface area contributed by atoms with Gasteiger partial charge in [-0.25, -0.2) is 4.79 Å². The normalized spacial score (nSPS) is 10.1. The van der Waals surface area contributed by atoms with Crippen molar-refractivity contribution < 1.29 is 19.1 Å². The van der Waals surface area contributed by atoms with Gasteiger partial charge in [0.2, 0.25) is 0 Å². The Bertz CT molecular complexity index is 464. The molecule has 0 atom stereocenters. The number of amides is 1. The lowest BCUT2D eigenvalue weighted by atomic mass is 10.2. The maximum Gasteiger partial charge on any atom is 0.412 e.